The van der Waals surface area contributed by atoms with Crippen LogP contribution in [-0.4, -0.2) is 145 Å². The molecule has 15 nitrogen and oxygen atoms in total. The average molecular weight is 802 g/mol. The Labute approximate surface area is 333 Å². The second-order valence-electron chi connectivity index (χ2n) is 17.9. The summed E-state index contributed by atoms with van der Waals surface area (Å²) in [5, 5.41) is 23.9. The molecule has 0 aromatic rings. The molecular weight excluding hydrogens is 730 g/mol. The number of esters is 3. The van der Waals surface area contributed by atoms with Crippen molar-refractivity contribution in [1.29, 1.82) is 0 Å². The predicted octanol–water partition coefficient (Wildman–Crippen LogP) is 3.76. The second-order valence-corrected chi connectivity index (χ2v) is 17.9. The standard InChI is InChI=1S/C41H71NO14/c1-16-29(51-26(8)43)41(12,47)35-22(4)32-20(2)18-40(11,56-32)34(55-38-31(45)28(42(13)14)17-21(3)49-38)23(5)33(24(6)37(46)54-35)53-30-19-39(10,48-15)36(25(7)50-30)52-27(9)44/h20-25,28-36,38,45,47H,16-19H2,1-15H3/t20?,21?,22-,23-,24+,25?,28?,29+,30-,31?,32?,33-,34+,35+,36-,38-,39?,40-,41+/m0/s1. The largest absolute Gasteiger partial charge is 0.459 e. The number of methoxy groups -OCH3 is 1. The molecule has 0 spiro atoms. The van der Waals surface area contributed by atoms with Gasteiger partial charge in [-0.1, -0.05) is 27.7 Å². The molecule has 0 amide bonds. The first-order chi connectivity index (χ1) is 25.9. The van der Waals surface area contributed by atoms with Crippen molar-refractivity contribution in [3.8, 4) is 0 Å². The molecule has 4 heterocycles. The molecule has 0 saturated carbocycles. The molecule has 324 valence electrons. The van der Waals surface area contributed by atoms with Gasteiger partial charge in [0.2, 0.25) is 0 Å². The molecule has 56 heavy (non-hydrogen) atoms. The lowest BCUT2D eigenvalue weighted by atomic mass is 9.76. The molecule has 4 rings (SSSR count). The van der Waals surface area contributed by atoms with E-state index in [1.54, 1.807) is 20.8 Å². The van der Waals surface area contributed by atoms with Crippen LogP contribution < -0.4 is 0 Å². The van der Waals surface area contributed by atoms with E-state index in [0.717, 1.165) is 0 Å². The van der Waals surface area contributed by atoms with Crippen molar-refractivity contribution in [3.63, 3.8) is 0 Å². The summed E-state index contributed by atoms with van der Waals surface area (Å²) in [6.45, 7) is 20.9. The highest BCUT2D eigenvalue weighted by atomic mass is 16.7. The highest BCUT2D eigenvalue weighted by molar-refractivity contribution is 5.73. The number of carbonyl (C=O) groups is 3. The monoisotopic (exact) mass is 801 g/mol. The van der Waals surface area contributed by atoms with Crippen LogP contribution in [-0.2, 0) is 57.0 Å². The molecule has 4 aliphatic rings. The SMILES string of the molecule is CC[C@@H](OC(C)=O)[C@@](C)(O)[C@@H]1OC(=O)[C@H](C)[C@@H](O[C@H]2CC(C)(OC)[C@@H](OC(C)=O)C(C)O2)[C@H](C)[C@@H](O[C@@H]2OC(C)CC(N(C)C)C2O)[C@]2(C)CC(C)C(O2)[C@@H]1C. The Kier molecular flexibility index (Phi) is 15.1. The first-order valence-corrected chi connectivity index (χ1v) is 20.4. The lowest BCUT2D eigenvalue weighted by Gasteiger charge is -2.49. The minimum absolute atomic E-state index is 0.107. The maximum Gasteiger partial charge on any atom is 0.311 e. The van der Waals surface area contributed by atoms with Crippen molar-refractivity contribution in [1.82, 2.24) is 4.90 Å². The molecule has 4 fully saturated rings. The molecule has 0 aliphatic carbocycles. The third-order valence-electron chi connectivity index (χ3n) is 12.9. The van der Waals surface area contributed by atoms with Crippen LogP contribution >= 0.6 is 0 Å². The molecule has 4 saturated heterocycles. The van der Waals surface area contributed by atoms with E-state index in [1.165, 1.54) is 27.9 Å². The molecule has 0 aromatic carbocycles. The van der Waals surface area contributed by atoms with Crippen LogP contribution in [0.15, 0.2) is 0 Å². The van der Waals surface area contributed by atoms with E-state index in [0.29, 0.717) is 12.8 Å². The normalized spacial score (nSPS) is 45.2. The predicted molar refractivity (Wildman–Crippen MR) is 203 cm³/mol. The zero-order chi connectivity index (χ0) is 42.2. The van der Waals surface area contributed by atoms with E-state index in [4.69, 9.17) is 42.6 Å². The lowest BCUT2D eigenvalue weighted by molar-refractivity contribution is -0.319. The zero-order valence-corrected chi connectivity index (χ0v) is 36.3. The van der Waals surface area contributed by atoms with Gasteiger partial charge in [0, 0.05) is 45.3 Å². The lowest BCUT2D eigenvalue weighted by Crippen LogP contribution is -2.60. The molecule has 2 bridgehead atoms. The van der Waals surface area contributed by atoms with Crippen LogP contribution in [0.1, 0.15) is 109 Å². The molecule has 0 aromatic heterocycles. The molecule has 7 unspecified atom stereocenters. The number of nitrogens with zero attached hydrogens (tertiary/aromatic N) is 1. The Morgan fingerprint density at radius 2 is 1.62 bits per heavy atom. The number of aliphatic hydroxyl groups excluding tert-OH is 1. The molecule has 0 radical (unpaired) electrons. The van der Waals surface area contributed by atoms with Gasteiger partial charge in [0.25, 0.3) is 0 Å². The summed E-state index contributed by atoms with van der Waals surface area (Å²) in [6, 6.07) is -0.243. The van der Waals surface area contributed by atoms with Crippen molar-refractivity contribution in [2.45, 2.75) is 199 Å². The second kappa shape index (κ2) is 18.1. The Bertz CT molecular complexity index is 1360. The average Bonchev–Trinajstić information content (AvgIpc) is 3.42. The van der Waals surface area contributed by atoms with Gasteiger partial charge in [-0.15, -0.1) is 0 Å². The van der Waals surface area contributed by atoms with Crippen molar-refractivity contribution >= 4 is 17.9 Å². The van der Waals surface area contributed by atoms with Gasteiger partial charge in [0.05, 0.1) is 42.0 Å². The van der Waals surface area contributed by atoms with Crippen LogP contribution in [0.4, 0.5) is 0 Å². The van der Waals surface area contributed by atoms with Crippen LogP contribution in [0.5, 0.6) is 0 Å². The molecule has 4 aliphatic heterocycles. The highest BCUT2D eigenvalue weighted by Gasteiger charge is 2.59. The Balaban J connectivity index is 1.84. The number of aliphatic hydroxyl groups is 2. The van der Waals surface area contributed by atoms with Crippen LogP contribution in [0.2, 0.25) is 0 Å². The van der Waals surface area contributed by atoms with Gasteiger partial charge in [-0.2, -0.15) is 0 Å². The van der Waals surface area contributed by atoms with Crippen LogP contribution in [0.25, 0.3) is 0 Å². The fourth-order valence-corrected chi connectivity index (χ4v) is 9.99. The van der Waals surface area contributed by atoms with E-state index in [9.17, 15) is 24.6 Å². The third-order valence-corrected chi connectivity index (χ3v) is 12.9. The fraction of sp³-hybridized carbons (Fsp3) is 0.927. The first kappa shape index (κ1) is 46.7. The quantitative estimate of drug-likeness (QED) is 0.228. The van der Waals surface area contributed by atoms with Crippen molar-refractivity contribution in [3.05, 3.63) is 0 Å². The summed E-state index contributed by atoms with van der Waals surface area (Å²) in [7, 11) is 5.35. The Hall–Kier alpha value is -1.95. The third kappa shape index (κ3) is 9.73. The zero-order valence-electron chi connectivity index (χ0n) is 36.3. The van der Waals surface area contributed by atoms with E-state index in [1.807, 2.05) is 60.5 Å². The summed E-state index contributed by atoms with van der Waals surface area (Å²) in [6.07, 6.45) is -7.48. The molecule has 15 heteroatoms. The number of fused-ring (bicyclic) bond motifs is 2. The van der Waals surface area contributed by atoms with Gasteiger partial charge >= 0.3 is 17.9 Å². The number of hydrogen-bond acceptors (Lipinski definition) is 15. The van der Waals surface area contributed by atoms with E-state index >= 15 is 0 Å². The van der Waals surface area contributed by atoms with E-state index < -0.39 is 114 Å². The van der Waals surface area contributed by atoms with Crippen LogP contribution in [0, 0.1) is 23.7 Å². The van der Waals surface area contributed by atoms with Crippen molar-refractivity contribution < 1.29 is 67.2 Å². The fourth-order valence-electron chi connectivity index (χ4n) is 9.99. The number of ether oxygens (including phenoxy) is 9. The summed E-state index contributed by atoms with van der Waals surface area (Å²) in [5.74, 6) is -3.97. The molecule has 19 atom stereocenters. The van der Waals surface area contributed by atoms with Gasteiger partial charge in [-0.25, -0.2) is 0 Å². The van der Waals surface area contributed by atoms with E-state index in [-0.39, 0.29) is 30.9 Å². The topological polar surface area (TPSA) is 178 Å². The molecular formula is C41H71NO14. The van der Waals surface area contributed by atoms with Gasteiger partial charge in [0.15, 0.2) is 18.7 Å². The minimum Gasteiger partial charge on any atom is -0.459 e. The smallest absolute Gasteiger partial charge is 0.311 e. The summed E-state index contributed by atoms with van der Waals surface area (Å²) >= 11 is 0. The van der Waals surface area contributed by atoms with Crippen molar-refractivity contribution in [2.24, 2.45) is 23.7 Å². The number of carbonyl (C=O) groups excluding carboxylic acids is 3. The first-order valence-electron chi connectivity index (χ1n) is 20.4. The number of likely N-dealkylation sites (N-methyl/N-ethyl adjacent to an activating group) is 1. The maximum absolute atomic E-state index is 14.6. The highest BCUT2D eigenvalue weighted by Crippen LogP contribution is 2.49. The van der Waals surface area contributed by atoms with E-state index in [2.05, 4.69) is 0 Å². The Morgan fingerprint density at radius 3 is 2.18 bits per heavy atom. The summed E-state index contributed by atoms with van der Waals surface area (Å²) < 4.78 is 57.1. The Morgan fingerprint density at radius 1 is 0.982 bits per heavy atom. The number of hydrogen-bond donors (Lipinski definition) is 2. The number of rotatable bonds is 11. The number of cyclic esters (lactones) is 1. The van der Waals surface area contributed by atoms with Gasteiger partial charge in [-0.3, -0.25) is 14.4 Å². The maximum atomic E-state index is 14.6. The van der Waals surface area contributed by atoms with Crippen molar-refractivity contribution in [2.75, 3.05) is 21.2 Å². The minimum atomic E-state index is -1.81. The summed E-state index contributed by atoms with van der Waals surface area (Å²) in [5.41, 5.74) is -3.83. The van der Waals surface area contributed by atoms with Gasteiger partial charge in [0.1, 0.15) is 29.5 Å². The van der Waals surface area contributed by atoms with Crippen LogP contribution in [0.3, 0.4) is 0 Å². The van der Waals surface area contributed by atoms with Gasteiger partial charge < -0.3 is 57.7 Å². The molecule has 2 N–H and O–H groups in total. The van der Waals surface area contributed by atoms with Gasteiger partial charge in [-0.05, 0) is 80.8 Å². The summed E-state index contributed by atoms with van der Waals surface area (Å²) in [4.78, 5) is 40.8.